The Bertz CT molecular complexity index is 504. The normalized spacial score (nSPS) is 16.8. The minimum atomic E-state index is -0.0241. The fraction of sp³-hybridized carbons (Fsp3) is 0.909. The van der Waals surface area contributed by atoms with Crippen molar-refractivity contribution in [3.8, 4) is 0 Å². The van der Waals surface area contributed by atoms with Crippen LogP contribution in [0.4, 0.5) is 0 Å². The van der Waals surface area contributed by atoms with E-state index in [1.807, 2.05) is 0 Å². The van der Waals surface area contributed by atoms with Crippen LogP contribution in [0.25, 0.3) is 0 Å². The van der Waals surface area contributed by atoms with E-state index in [0.29, 0.717) is 22.7 Å². The molecule has 0 aliphatic heterocycles. The molecule has 0 saturated carbocycles. The lowest BCUT2D eigenvalue weighted by Gasteiger charge is -2.35. The Hall–Kier alpha value is -0.860. The van der Waals surface area contributed by atoms with Gasteiger partial charge in [-0.05, 0) is 49.4 Å². The fourth-order valence-electron chi connectivity index (χ4n) is 3.19. The molecular weight excluding hydrogens is 306 g/mol. The van der Waals surface area contributed by atoms with Gasteiger partial charge in [0.05, 0.1) is 11.2 Å². The lowest BCUT2D eigenvalue weighted by atomic mass is 9.71. The van der Waals surface area contributed by atoms with Crippen LogP contribution in [-0.2, 0) is 11.0 Å². The maximum Gasteiger partial charge on any atom is 0.0883 e. The summed E-state index contributed by atoms with van der Waals surface area (Å²) < 4.78 is 2.09. The van der Waals surface area contributed by atoms with Crippen LogP contribution in [0.3, 0.4) is 0 Å². The molecule has 1 aromatic heterocycles. The van der Waals surface area contributed by atoms with Crippen molar-refractivity contribution in [1.29, 1.82) is 0 Å². The lowest BCUT2D eigenvalue weighted by Crippen LogP contribution is -2.33. The molecule has 3 nitrogen and oxygen atoms in total. The number of aromatic nitrogens is 3. The van der Waals surface area contributed by atoms with E-state index in [9.17, 15) is 0 Å². The Morgan fingerprint density at radius 2 is 1.24 bits per heavy atom. The summed E-state index contributed by atoms with van der Waals surface area (Å²) >= 11 is 0. The van der Waals surface area contributed by atoms with Gasteiger partial charge in [-0.15, -0.1) is 5.10 Å². The summed E-state index contributed by atoms with van der Waals surface area (Å²) in [5.41, 5.74) is 1.75. The minimum Gasteiger partial charge on any atom is -0.247 e. The van der Waals surface area contributed by atoms with Crippen molar-refractivity contribution in [1.82, 2.24) is 15.0 Å². The van der Waals surface area contributed by atoms with Gasteiger partial charge in [-0.1, -0.05) is 74.5 Å². The molecule has 0 aliphatic carbocycles. The molecule has 146 valence electrons. The second-order valence-corrected chi connectivity index (χ2v) is 11.7. The van der Waals surface area contributed by atoms with Gasteiger partial charge < -0.3 is 0 Å². The predicted molar refractivity (Wildman–Crippen MR) is 109 cm³/mol. The van der Waals surface area contributed by atoms with E-state index in [4.69, 9.17) is 0 Å². The van der Waals surface area contributed by atoms with Crippen molar-refractivity contribution < 1.29 is 0 Å². The zero-order valence-corrected chi connectivity index (χ0v) is 19.0. The minimum absolute atomic E-state index is 0.0241. The first-order chi connectivity index (χ1) is 11.0. The van der Waals surface area contributed by atoms with Gasteiger partial charge in [-0.3, -0.25) is 0 Å². The molecule has 1 aromatic rings. The average molecular weight is 350 g/mol. The highest BCUT2D eigenvalue weighted by Gasteiger charge is 2.34. The van der Waals surface area contributed by atoms with E-state index in [2.05, 4.69) is 104 Å². The van der Waals surface area contributed by atoms with Gasteiger partial charge >= 0.3 is 0 Å². The summed E-state index contributed by atoms with van der Waals surface area (Å²) in [6.45, 7) is 27.8. The van der Waals surface area contributed by atoms with Gasteiger partial charge in [-0.2, -0.15) is 0 Å². The van der Waals surface area contributed by atoms with Crippen LogP contribution >= 0.6 is 0 Å². The van der Waals surface area contributed by atoms with Crippen LogP contribution in [0.5, 0.6) is 0 Å². The maximum atomic E-state index is 4.57. The molecule has 0 aliphatic rings. The number of hydrogen-bond donors (Lipinski definition) is 0. The molecule has 0 saturated heterocycles. The Morgan fingerprint density at radius 3 is 1.68 bits per heavy atom. The van der Waals surface area contributed by atoms with E-state index >= 15 is 0 Å². The smallest absolute Gasteiger partial charge is 0.0883 e. The SMILES string of the molecule is CC(CC(C)(C)c1cn(C(C)(C)CC(C)C(C)(C)C)nn1)C(C)(C)C. The predicted octanol–water partition coefficient (Wildman–Crippen LogP) is 6.44. The van der Waals surface area contributed by atoms with E-state index in [-0.39, 0.29) is 11.0 Å². The Kier molecular flexibility index (Phi) is 6.25. The van der Waals surface area contributed by atoms with Gasteiger partial charge in [0.1, 0.15) is 0 Å². The van der Waals surface area contributed by atoms with Crippen LogP contribution in [-0.4, -0.2) is 15.0 Å². The van der Waals surface area contributed by atoms with Crippen LogP contribution < -0.4 is 0 Å². The third-order valence-electron chi connectivity index (χ3n) is 6.39. The lowest BCUT2D eigenvalue weighted by molar-refractivity contribution is 0.161. The molecule has 0 bridgehead atoms. The van der Waals surface area contributed by atoms with Gasteiger partial charge in [0, 0.05) is 11.6 Å². The molecule has 2 unspecified atom stereocenters. The van der Waals surface area contributed by atoms with Crippen molar-refractivity contribution in [3.63, 3.8) is 0 Å². The zero-order valence-electron chi connectivity index (χ0n) is 19.0. The van der Waals surface area contributed by atoms with E-state index in [0.717, 1.165) is 18.5 Å². The van der Waals surface area contributed by atoms with E-state index < -0.39 is 0 Å². The fourth-order valence-corrected chi connectivity index (χ4v) is 3.19. The first-order valence-electron chi connectivity index (χ1n) is 9.90. The molecule has 1 rings (SSSR count). The summed E-state index contributed by atoms with van der Waals surface area (Å²) in [6, 6.07) is 0. The third-order valence-corrected chi connectivity index (χ3v) is 6.39. The Morgan fingerprint density at radius 1 is 0.800 bits per heavy atom. The zero-order chi connectivity index (χ0) is 19.8. The van der Waals surface area contributed by atoms with Gasteiger partial charge in [0.25, 0.3) is 0 Å². The summed E-state index contributed by atoms with van der Waals surface area (Å²) in [5, 5.41) is 9.10. The number of hydrogen-bond acceptors (Lipinski definition) is 2. The first kappa shape index (κ1) is 22.2. The monoisotopic (exact) mass is 349 g/mol. The van der Waals surface area contributed by atoms with Crippen molar-refractivity contribution >= 4 is 0 Å². The van der Waals surface area contributed by atoms with Gasteiger partial charge in [0.15, 0.2) is 0 Å². The van der Waals surface area contributed by atoms with Crippen LogP contribution in [0.2, 0.25) is 0 Å². The maximum absolute atomic E-state index is 4.57. The second kappa shape index (κ2) is 7.04. The second-order valence-electron chi connectivity index (χ2n) is 11.7. The van der Waals surface area contributed by atoms with Gasteiger partial charge in [0.2, 0.25) is 0 Å². The third kappa shape index (κ3) is 5.82. The summed E-state index contributed by atoms with van der Waals surface area (Å²) in [6.07, 6.45) is 4.40. The van der Waals surface area contributed by atoms with Crippen LogP contribution in [0, 0.1) is 22.7 Å². The molecule has 25 heavy (non-hydrogen) atoms. The largest absolute Gasteiger partial charge is 0.247 e. The molecule has 3 heteroatoms. The molecule has 0 radical (unpaired) electrons. The van der Waals surface area contributed by atoms with Crippen molar-refractivity contribution in [2.24, 2.45) is 22.7 Å². The van der Waals surface area contributed by atoms with Crippen LogP contribution in [0.1, 0.15) is 102 Å². The standard InChI is InChI=1S/C22H43N3/c1-16(19(3,4)5)13-21(9,10)18-15-25(24-23-18)22(11,12)14-17(2)20(6,7)8/h15-17H,13-14H2,1-12H3. The molecule has 0 aromatic carbocycles. The first-order valence-corrected chi connectivity index (χ1v) is 9.90. The summed E-state index contributed by atoms with van der Waals surface area (Å²) in [7, 11) is 0. The number of nitrogens with zero attached hydrogens (tertiary/aromatic N) is 3. The van der Waals surface area contributed by atoms with Gasteiger partial charge in [-0.25, -0.2) is 4.68 Å². The van der Waals surface area contributed by atoms with Crippen molar-refractivity contribution in [3.05, 3.63) is 11.9 Å². The molecule has 1 heterocycles. The van der Waals surface area contributed by atoms with Crippen molar-refractivity contribution in [2.75, 3.05) is 0 Å². The molecule has 0 N–H and O–H groups in total. The molecule has 2 atom stereocenters. The Labute approximate surface area is 157 Å². The molecular formula is C22H43N3. The molecule has 0 spiro atoms. The van der Waals surface area contributed by atoms with E-state index in [1.165, 1.54) is 0 Å². The highest BCUT2D eigenvalue weighted by molar-refractivity contribution is 5.10. The highest BCUT2D eigenvalue weighted by Crippen LogP contribution is 2.38. The average Bonchev–Trinajstić information content (AvgIpc) is 2.86. The Balaban J connectivity index is 2.97. The summed E-state index contributed by atoms with van der Waals surface area (Å²) in [5.74, 6) is 1.24. The van der Waals surface area contributed by atoms with Crippen LogP contribution in [0.15, 0.2) is 6.20 Å². The molecule has 0 amide bonds. The summed E-state index contributed by atoms with van der Waals surface area (Å²) in [4.78, 5) is 0. The van der Waals surface area contributed by atoms with Crippen molar-refractivity contribution in [2.45, 2.75) is 107 Å². The quantitative estimate of drug-likeness (QED) is 0.592. The van der Waals surface area contributed by atoms with E-state index in [1.54, 1.807) is 0 Å². The highest BCUT2D eigenvalue weighted by atomic mass is 15.4. The number of rotatable bonds is 6. The molecule has 0 fully saturated rings. The topological polar surface area (TPSA) is 30.7 Å².